The van der Waals surface area contributed by atoms with Gasteiger partial charge in [-0.3, -0.25) is 4.79 Å². The second-order valence-corrected chi connectivity index (χ2v) is 10.3. The molecule has 1 aliphatic rings. The molecule has 0 fully saturated rings. The molecule has 36 heavy (non-hydrogen) atoms. The minimum atomic E-state index is -9.87. The summed E-state index contributed by atoms with van der Waals surface area (Å²) in [4.78, 5) is 29.0. The zero-order valence-corrected chi connectivity index (χ0v) is 19.2. The smallest absolute Gasteiger partial charge is 0.311 e. The first kappa shape index (κ1) is 25.1. The molecule has 4 rings (SSSR count). The van der Waals surface area contributed by atoms with Gasteiger partial charge in [-0.2, -0.15) is 0 Å². The van der Waals surface area contributed by atoms with Crippen LogP contribution in [-0.4, -0.2) is 30.9 Å². The van der Waals surface area contributed by atoms with Crippen LogP contribution in [0.15, 0.2) is 82.7 Å². The lowest BCUT2D eigenvalue weighted by Gasteiger charge is -2.40. The third-order valence-electron chi connectivity index (χ3n) is 5.30. The number of likely N-dealkylation sites (N-methyl/N-ethyl adjacent to an activating group) is 1. The van der Waals surface area contributed by atoms with Crippen LogP contribution >= 0.6 is 10.2 Å². The number of para-hydroxylation sites is 1. The van der Waals surface area contributed by atoms with E-state index in [2.05, 4.69) is 15.6 Å². The Labute approximate surface area is 201 Å². The van der Waals surface area contributed by atoms with E-state index in [4.69, 9.17) is 0 Å². The number of amides is 3. The molecule has 6 nitrogen and oxygen atoms in total. The molecule has 3 aromatic rings. The Morgan fingerprint density at radius 1 is 0.889 bits per heavy atom. The van der Waals surface area contributed by atoms with Crippen LogP contribution in [0.25, 0.3) is 0 Å². The first-order valence-electron chi connectivity index (χ1n) is 10.3. The first-order chi connectivity index (χ1) is 16.6. The minimum Gasteiger partial charge on any atom is -0.311 e. The van der Waals surface area contributed by atoms with Gasteiger partial charge in [0.2, 0.25) is 6.17 Å². The molecule has 3 aromatic carbocycles. The number of rotatable bonds is 4. The molecule has 0 bridgehead atoms. The van der Waals surface area contributed by atoms with Crippen LogP contribution in [0.3, 0.4) is 0 Å². The van der Waals surface area contributed by atoms with Crippen LogP contribution in [0.1, 0.15) is 11.1 Å². The maximum Gasteiger partial charge on any atom is 0.321 e. The Balaban J connectivity index is 1.64. The molecule has 13 heteroatoms. The summed E-state index contributed by atoms with van der Waals surface area (Å²) in [7, 11) is -8.43. The third-order valence-corrected chi connectivity index (χ3v) is 6.46. The summed E-state index contributed by atoms with van der Waals surface area (Å²) in [5.41, 5.74) is 0.753. The predicted octanol–water partition coefficient (Wildman–Crippen LogP) is 6.44. The molecular weight excluding hydrogens is 510 g/mol. The number of urea groups is 1. The molecule has 1 atom stereocenters. The summed E-state index contributed by atoms with van der Waals surface area (Å²) in [5.74, 6) is -1.30. The van der Waals surface area contributed by atoms with Gasteiger partial charge in [-0.05, 0) is 42.5 Å². The second-order valence-electron chi connectivity index (χ2n) is 7.87. The number of carbonyl (C=O) groups is 2. The van der Waals surface area contributed by atoms with Crippen molar-refractivity contribution < 1.29 is 33.4 Å². The fraction of sp³-hybridized carbons (Fsp3) is 0.0870. The molecule has 0 saturated heterocycles. The lowest BCUT2D eigenvalue weighted by Crippen LogP contribution is -2.47. The molecule has 0 aliphatic carbocycles. The normalized spacial score (nSPS) is 17.8. The van der Waals surface area contributed by atoms with Crippen LogP contribution in [0, 0.1) is 5.82 Å². The highest BCUT2D eigenvalue weighted by Gasteiger charge is 2.65. The summed E-state index contributed by atoms with van der Waals surface area (Å²) < 4.78 is 79.1. The van der Waals surface area contributed by atoms with Gasteiger partial charge in [-0.15, -0.1) is 0 Å². The van der Waals surface area contributed by atoms with Gasteiger partial charge < -0.3 is 15.5 Å². The van der Waals surface area contributed by atoms with Gasteiger partial charge in [0.25, 0.3) is 5.91 Å². The number of aliphatic imine (C=N–C) groups is 1. The SMILES string of the molecule is CN1C(=O)C(NC(=O)Nc2ccc(S(F)(F)(F)(F)F)cc2)N=C(c2ccccc2F)c2ccccc21. The van der Waals surface area contributed by atoms with E-state index in [-0.39, 0.29) is 29.1 Å². The summed E-state index contributed by atoms with van der Waals surface area (Å²) in [6.45, 7) is 0. The molecule has 3 amide bonds. The number of benzene rings is 3. The first-order valence-corrected chi connectivity index (χ1v) is 12.2. The molecule has 190 valence electrons. The number of hydrogen-bond donors (Lipinski definition) is 2. The van der Waals surface area contributed by atoms with E-state index in [1.165, 1.54) is 30.1 Å². The van der Waals surface area contributed by atoms with E-state index in [0.717, 1.165) is 0 Å². The zero-order chi connectivity index (χ0) is 26.4. The van der Waals surface area contributed by atoms with E-state index < -0.39 is 39.0 Å². The van der Waals surface area contributed by atoms with Crippen LogP contribution in [0.5, 0.6) is 0 Å². The standard InChI is InChI=1S/C23H18F6N4O2S/c1-33-19-9-5-3-7-17(19)20(16-6-2-4-8-18(16)24)31-21(22(33)34)32-23(35)30-14-10-12-15(13-11-14)36(25,26,27,28)29/h2-13,21H,1H3,(H2,30,32,35). The predicted molar refractivity (Wildman–Crippen MR) is 126 cm³/mol. The van der Waals surface area contributed by atoms with Gasteiger partial charge in [-0.1, -0.05) is 49.8 Å². The number of anilines is 2. The highest BCUT2D eigenvalue weighted by Crippen LogP contribution is 3.02. The maximum absolute atomic E-state index is 14.6. The monoisotopic (exact) mass is 528 g/mol. The van der Waals surface area contributed by atoms with Crippen molar-refractivity contribution in [3.05, 3.63) is 89.7 Å². The van der Waals surface area contributed by atoms with Gasteiger partial charge >= 0.3 is 16.3 Å². The van der Waals surface area contributed by atoms with E-state index in [9.17, 15) is 33.4 Å². The number of hydrogen-bond acceptors (Lipinski definition) is 3. The third kappa shape index (κ3) is 5.15. The lowest BCUT2D eigenvalue weighted by atomic mass is 10.00. The van der Waals surface area contributed by atoms with Gasteiger partial charge in [0, 0.05) is 23.9 Å². The minimum absolute atomic E-state index is 0.0758. The van der Waals surface area contributed by atoms with Gasteiger partial charge in [0.1, 0.15) is 10.7 Å². The van der Waals surface area contributed by atoms with Crippen LogP contribution < -0.4 is 15.5 Å². The van der Waals surface area contributed by atoms with Gasteiger partial charge in [-0.25, -0.2) is 14.2 Å². The van der Waals surface area contributed by atoms with Crippen molar-refractivity contribution in [2.24, 2.45) is 4.99 Å². The molecule has 1 heterocycles. The highest BCUT2D eigenvalue weighted by molar-refractivity contribution is 8.45. The van der Waals surface area contributed by atoms with Crippen molar-refractivity contribution >= 4 is 39.2 Å². The lowest BCUT2D eigenvalue weighted by molar-refractivity contribution is -0.119. The second kappa shape index (κ2) is 8.01. The Bertz CT molecular complexity index is 1400. The average molecular weight is 528 g/mol. The molecule has 0 saturated carbocycles. The molecule has 0 radical (unpaired) electrons. The molecular formula is C23H18F6N4O2S. The maximum atomic E-state index is 14.6. The Morgan fingerprint density at radius 3 is 2.08 bits per heavy atom. The zero-order valence-electron chi connectivity index (χ0n) is 18.4. The molecule has 0 spiro atoms. The molecule has 2 N–H and O–H groups in total. The fourth-order valence-corrected chi connectivity index (χ4v) is 4.22. The van der Waals surface area contributed by atoms with Crippen molar-refractivity contribution in [3.8, 4) is 0 Å². The van der Waals surface area contributed by atoms with Gasteiger partial charge in [0.05, 0.1) is 11.4 Å². The number of benzodiazepines with no additional fused rings is 1. The van der Waals surface area contributed by atoms with Crippen molar-refractivity contribution in [2.45, 2.75) is 11.1 Å². The molecule has 1 unspecified atom stereocenters. The highest BCUT2D eigenvalue weighted by atomic mass is 32.5. The summed E-state index contributed by atoms with van der Waals surface area (Å²) in [5, 5.41) is 4.46. The van der Waals surface area contributed by atoms with Crippen molar-refractivity contribution in [2.75, 3.05) is 17.3 Å². The van der Waals surface area contributed by atoms with E-state index in [1.807, 2.05) is 0 Å². The van der Waals surface area contributed by atoms with Crippen molar-refractivity contribution in [1.29, 1.82) is 0 Å². The number of carbonyl (C=O) groups excluding carboxylic acids is 2. The Kier molecular flexibility index (Phi) is 5.59. The van der Waals surface area contributed by atoms with E-state index >= 15 is 0 Å². The van der Waals surface area contributed by atoms with Crippen molar-refractivity contribution in [3.63, 3.8) is 0 Å². The number of nitrogens with zero attached hydrogens (tertiary/aromatic N) is 2. The Hall–Kier alpha value is -4.00. The molecule has 0 aromatic heterocycles. The average Bonchev–Trinajstić information content (AvgIpc) is 2.89. The van der Waals surface area contributed by atoms with Crippen LogP contribution in [0.2, 0.25) is 0 Å². The van der Waals surface area contributed by atoms with Crippen molar-refractivity contribution in [1.82, 2.24) is 5.32 Å². The molecule has 1 aliphatic heterocycles. The summed E-state index contributed by atoms with van der Waals surface area (Å²) in [6, 6.07) is 12.8. The van der Waals surface area contributed by atoms with E-state index in [1.54, 1.807) is 30.3 Å². The fourth-order valence-electron chi connectivity index (χ4n) is 3.57. The number of nitrogens with one attached hydrogen (secondary N) is 2. The number of fused-ring (bicyclic) bond motifs is 1. The topological polar surface area (TPSA) is 73.8 Å². The van der Waals surface area contributed by atoms with E-state index in [0.29, 0.717) is 23.4 Å². The number of halogens is 6. The van der Waals surface area contributed by atoms with Gasteiger partial charge in [0.15, 0.2) is 0 Å². The largest absolute Gasteiger partial charge is 0.321 e. The summed E-state index contributed by atoms with van der Waals surface area (Å²) in [6.07, 6.45) is -1.54. The van der Waals surface area contributed by atoms with Crippen LogP contribution in [0.4, 0.5) is 40.0 Å². The quantitative estimate of drug-likeness (QED) is 0.383. The Morgan fingerprint density at radius 2 is 1.47 bits per heavy atom. The van der Waals surface area contributed by atoms with Crippen LogP contribution in [-0.2, 0) is 4.79 Å². The summed E-state index contributed by atoms with van der Waals surface area (Å²) >= 11 is 0.